The SMILES string of the molecule is CCOC(=O)c1ccnc2ccc(N3CCOC(C)C3)cc12. The lowest BCUT2D eigenvalue weighted by Crippen LogP contribution is -2.41. The van der Waals surface area contributed by atoms with Crippen molar-refractivity contribution in [3.05, 3.63) is 36.0 Å². The quantitative estimate of drug-likeness (QED) is 0.816. The molecular weight excluding hydrogens is 280 g/mol. The topological polar surface area (TPSA) is 51.7 Å². The number of esters is 1. The summed E-state index contributed by atoms with van der Waals surface area (Å²) in [5.74, 6) is -0.303. The minimum atomic E-state index is -0.303. The third-order valence-electron chi connectivity index (χ3n) is 3.83. The molecule has 0 bridgehead atoms. The molecule has 2 aromatic rings. The van der Waals surface area contributed by atoms with Crippen molar-refractivity contribution >= 4 is 22.6 Å². The minimum Gasteiger partial charge on any atom is -0.462 e. The van der Waals surface area contributed by atoms with E-state index in [1.54, 1.807) is 12.3 Å². The second kappa shape index (κ2) is 6.32. The van der Waals surface area contributed by atoms with Gasteiger partial charge in [0, 0.05) is 30.4 Å². The van der Waals surface area contributed by atoms with Gasteiger partial charge in [-0.25, -0.2) is 4.79 Å². The van der Waals surface area contributed by atoms with Crippen LogP contribution in [-0.4, -0.2) is 43.4 Å². The molecule has 0 aliphatic carbocycles. The highest BCUT2D eigenvalue weighted by atomic mass is 16.5. The summed E-state index contributed by atoms with van der Waals surface area (Å²) in [6.07, 6.45) is 1.85. The molecule has 1 aliphatic heterocycles. The first-order chi connectivity index (χ1) is 10.7. The number of morpholine rings is 1. The third-order valence-corrected chi connectivity index (χ3v) is 3.83. The van der Waals surface area contributed by atoms with Gasteiger partial charge in [-0.15, -0.1) is 0 Å². The second-order valence-corrected chi connectivity index (χ2v) is 5.41. The Morgan fingerprint density at radius 3 is 3.09 bits per heavy atom. The lowest BCUT2D eigenvalue weighted by molar-refractivity contribution is 0.0524. The maximum absolute atomic E-state index is 12.1. The van der Waals surface area contributed by atoms with Crippen LogP contribution in [0.5, 0.6) is 0 Å². The summed E-state index contributed by atoms with van der Waals surface area (Å²) in [5.41, 5.74) is 2.45. The van der Waals surface area contributed by atoms with E-state index in [1.807, 2.05) is 25.1 Å². The molecule has 1 unspecified atom stereocenters. The Hall–Kier alpha value is -2.14. The van der Waals surface area contributed by atoms with Gasteiger partial charge in [0.25, 0.3) is 0 Å². The molecule has 0 N–H and O–H groups in total. The number of carbonyl (C=O) groups is 1. The standard InChI is InChI=1S/C17H20N2O3/c1-3-21-17(20)14-6-7-18-16-5-4-13(10-15(14)16)19-8-9-22-12(2)11-19/h4-7,10,12H,3,8-9,11H2,1-2H3. The van der Waals surface area contributed by atoms with E-state index in [9.17, 15) is 4.79 Å². The van der Waals surface area contributed by atoms with Crippen LogP contribution in [0.3, 0.4) is 0 Å². The summed E-state index contributed by atoms with van der Waals surface area (Å²) in [6.45, 7) is 6.66. The highest BCUT2D eigenvalue weighted by Crippen LogP contribution is 2.25. The van der Waals surface area contributed by atoms with Gasteiger partial charge in [-0.2, -0.15) is 0 Å². The molecule has 1 aromatic heterocycles. The van der Waals surface area contributed by atoms with Gasteiger partial charge in [-0.05, 0) is 38.1 Å². The highest BCUT2D eigenvalue weighted by molar-refractivity contribution is 6.04. The Kier molecular flexibility index (Phi) is 4.24. The zero-order chi connectivity index (χ0) is 15.5. The fraction of sp³-hybridized carbons (Fsp3) is 0.412. The first-order valence-corrected chi connectivity index (χ1v) is 7.61. The first-order valence-electron chi connectivity index (χ1n) is 7.61. The van der Waals surface area contributed by atoms with Crippen LogP contribution < -0.4 is 4.90 Å². The molecule has 0 saturated carbocycles. The van der Waals surface area contributed by atoms with E-state index in [0.29, 0.717) is 12.2 Å². The maximum atomic E-state index is 12.1. The monoisotopic (exact) mass is 300 g/mol. The summed E-state index contributed by atoms with van der Waals surface area (Å²) in [6, 6.07) is 7.73. The van der Waals surface area contributed by atoms with Crippen molar-refractivity contribution in [1.82, 2.24) is 4.98 Å². The molecular formula is C17H20N2O3. The van der Waals surface area contributed by atoms with Crippen molar-refractivity contribution in [2.45, 2.75) is 20.0 Å². The van der Waals surface area contributed by atoms with E-state index in [0.717, 1.165) is 36.3 Å². The van der Waals surface area contributed by atoms with Crippen LogP contribution in [0.15, 0.2) is 30.5 Å². The number of fused-ring (bicyclic) bond motifs is 1. The largest absolute Gasteiger partial charge is 0.462 e. The average molecular weight is 300 g/mol. The number of anilines is 1. The van der Waals surface area contributed by atoms with E-state index >= 15 is 0 Å². The molecule has 1 aliphatic rings. The van der Waals surface area contributed by atoms with Crippen LogP contribution >= 0.6 is 0 Å². The number of nitrogens with zero attached hydrogens (tertiary/aromatic N) is 2. The summed E-state index contributed by atoms with van der Waals surface area (Å²) >= 11 is 0. The number of aromatic nitrogens is 1. The minimum absolute atomic E-state index is 0.211. The normalized spacial score (nSPS) is 18.5. The van der Waals surface area contributed by atoms with Crippen molar-refractivity contribution in [2.75, 3.05) is 31.2 Å². The zero-order valence-electron chi connectivity index (χ0n) is 12.9. The average Bonchev–Trinajstić information content (AvgIpc) is 2.54. The summed E-state index contributed by atoms with van der Waals surface area (Å²) in [5, 5.41) is 0.831. The Balaban J connectivity index is 2.00. The fourth-order valence-corrected chi connectivity index (χ4v) is 2.77. The fourth-order valence-electron chi connectivity index (χ4n) is 2.77. The van der Waals surface area contributed by atoms with Gasteiger partial charge in [0.05, 0.1) is 30.4 Å². The van der Waals surface area contributed by atoms with Gasteiger partial charge >= 0.3 is 5.97 Å². The van der Waals surface area contributed by atoms with E-state index in [2.05, 4.69) is 16.8 Å². The van der Waals surface area contributed by atoms with Gasteiger partial charge < -0.3 is 14.4 Å². The van der Waals surface area contributed by atoms with Gasteiger partial charge in [-0.1, -0.05) is 0 Å². The van der Waals surface area contributed by atoms with E-state index in [1.165, 1.54) is 0 Å². The molecule has 5 nitrogen and oxygen atoms in total. The Morgan fingerprint density at radius 2 is 2.32 bits per heavy atom. The summed E-state index contributed by atoms with van der Waals surface area (Å²) in [4.78, 5) is 18.7. The molecule has 1 fully saturated rings. The van der Waals surface area contributed by atoms with Crippen LogP contribution in [0.4, 0.5) is 5.69 Å². The van der Waals surface area contributed by atoms with Crippen molar-refractivity contribution in [3.63, 3.8) is 0 Å². The van der Waals surface area contributed by atoms with Crippen molar-refractivity contribution < 1.29 is 14.3 Å². The molecule has 116 valence electrons. The zero-order valence-corrected chi connectivity index (χ0v) is 12.9. The van der Waals surface area contributed by atoms with Gasteiger partial charge in [-0.3, -0.25) is 4.98 Å². The smallest absolute Gasteiger partial charge is 0.338 e. The number of ether oxygens (including phenoxy) is 2. The number of pyridine rings is 1. The molecule has 1 aromatic carbocycles. The Morgan fingerprint density at radius 1 is 1.45 bits per heavy atom. The molecule has 0 amide bonds. The molecule has 1 atom stereocenters. The van der Waals surface area contributed by atoms with Crippen LogP contribution in [0.25, 0.3) is 10.9 Å². The predicted octanol–water partition coefficient (Wildman–Crippen LogP) is 2.64. The highest BCUT2D eigenvalue weighted by Gasteiger charge is 2.18. The van der Waals surface area contributed by atoms with Gasteiger partial charge in [0.15, 0.2) is 0 Å². The van der Waals surface area contributed by atoms with E-state index < -0.39 is 0 Å². The van der Waals surface area contributed by atoms with Crippen molar-refractivity contribution in [1.29, 1.82) is 0 Å². The molecule has 0 spiro atoms. The molecule has 3 rings (SSSR count). The Bertz CT molecular complexity index is 687. The molecule has 1 saturated heterocycles. The number of benzene rings is 1. The van der Waals surface area contributed by atoms with Crippen LogP contribution in [-0.2, 0) is 9.47 Å². The van der Waals surface area contributed by atoms with Crippen LogP contribution in [0.1, 0.15) is 24.2 Å². The molecule has 22 heavy (non-hydrogen) atoms. The van der Waals surface area contributed by atoms with E-state index in [-0.39, 0.29) is 12.1 Å². The summed E-state index contributed by atoms with van der Waals surface area (Å²) in [7, 11) is 0. The van der Waals surface area contributed by atoms with Crippen LogP contribution in [0.2, 0.25) is 0 Å². The molecule has 2 heterocycles. The van der Waals surface area contributed by atoms with Gasteiger partial charge in [0.2, 0.25) is 0 Å². The predicted molar refractivity (Wildman–Crippen MR) is 85.3 cm³/mol. The van der Waals surface area contributed by atoms with Crippen molar-refractivity contribution in [2.24, 2.45) is 0 Å². The molecule has 5 heteroatoms. The first kappa shape index (κ1) is 14.8. The lowest BCUT2D eigenvalue weighted by atomic mass is 10.1. The molecule has 0 radical (unpaired) electrons. The van der Waals surface area contributed by atoms with E-state index in [4.69, 9.17) is 9.47 Å². The van der Waals surface area contributed by atoms with Gasteiger partial charge in [0.1, 0.15) is 0 Å². The number of hydrogen-bond acceptors (Lipinski definition) is 5. The number of carbonyl (C=O) groups excluding carboxylic acids is 1. The number of hydrogen-bond donors (Lipinski definition) is 0. The summed E-state index contributed by atoms with van der Waals surface area (Å²) < 4.78 is 10.7. The Labute approximate surface area is 129 Å². The lowest BCUT2D eigenvalue weighted by Gasteiger charge is -2.33. The second-order valence-electron chi connectivity index (χ2n) is 5.41. The van der Waals surface area contributed by atoms with Crippen LogP contribution in [0, 0.1) is 0 Å². The van der Waals surface area contributed by atoms with Crippen molar-refractivity contribution in [3.8, 4) is 0 Å². The maximum Gasteiger partial charge on any atom is 0.338 e. The number of rotatable bonds is 3. The third kappa shape index (κ3) is 2.90.